The fraction of sp³-hybridized carbons (Fsp3) is 0.929. The van der Waals surface area contributed by atoms with Gasteiger partial charge in [0.1, 0.15) is 0 Å². The van der Waals surface area contributed by atoms with Gasteiger partial charge in [0.2, 0.25) is 0 Å². The van der Waals surface area contributed by atoms with Crippen LogP contribution in [-0.2, 0) is 14.3 Å². The highest BCUT2D eigenvalue weighted by Crippen LogP contribution is 2.14. The molecule has 102 valence electrons. The van der Waals surface area contributed by atoms with Crippen molar-refractivity contribution in [3.63, 3.8) is 0 Å². The maximum atomic E-state index is 11.8. The predicted octanol–water partition coefficient (Wildman–Crippen LogP) is 3.27. The summed E-state index contributed by atoms with van der Waals surface area (Å²) in [6.07, 6.45) is 2.81. The molecule has 17 heavy (non-hydrogen) atoms. The van der Waals surface area contributed by atoms with E-state index in [1.54, 1.807) is 7.11 Å². The Morgan fingerprint density at radius 3 is 2.06 bits per heavy atom. The van der Waals surface area contributed by atoms with Crippen LogP contribution in [0.25, 0.3) is 0 Å². The zero-order valence-corrected chi connectivity index (χ0v) is 12.0. The molecule has 0 aliphatic rings. The number of carbonyl (C=O) groups is 1. The van der Waals surface area contributed by atoms with Crippen molar-refractivity contribution >= 4 is 5.97 Å². The molecule has 0 saturated carbocycles. The average molecular weight is 244 g/mol. The fourth-order valence-corrected chi connectivity index (χ4v) is 1.52. The minimum absolute atomic E-state index is 0.102. The molecule has 3 heteroatoms. The van der Waals surface area contributed by atoms with Crippen LogP contribution in [0.5, 0.6) is 0 Å². The molecule has 3 nitrogen and oxygen atoms in total. The van der Waals surface area contributed by atoms with Gasteiger partial charge in [0.15, 0.2) is 0 Å². The van der Waals surface area contributed by atoms with Gasteiger partial charge in [0.25, 0.3) is 0 Å². The van der Waals surface area contributed by atoms with Crippen molar-refractivity contribution in [2.45, 2.75) is 47.0 Å². The fourth-order valence-electron chi connectivity index (χ4n) is 1.52. The molecule has 0 aromatic carbocycles. The van der Waals surface area contributed by atoms with Crippen LogP contribution in [0.2, 0.25) is 0 Å². The second kappa shape index (κ2) is 9.46. The second-order valence-electron chi connectivity index (χ2n) is 5.47. The lowest BCUT2D eigenvalue weighted by molar-refractivity contribution is -0.151. The first-order chi connectivity index (χ1) is 7.97. The zero-order valence-electron chi connectivity index (χ0n) is 12.0. The normalized spacial score (nSPS) is 13.1. The predicted molar refractivity (Wildman–Crippen MR) is 69.9 cm³/mol. The molecule has 0 fully saturated rings. The number of hydrogen-bond acceptors (Lipinski definition) is 3. The number of hydrogen-bond donors (Lipinski definition) is 0. The third kappa shape index (κ3) is 9.16. The van der Waals surface area contributed by atoms with E-state index in [4.69, 9.17) is 9.47 Å². The summed E-state index contributed by atoms with van der Waals surface area (Å²) < 4.78 is 10.4. The van der Waals surface area contributed by atoms with E-state index in [-0.39, 0.29) is 11.9 Å². The quantitative estimate of drug-likeness (QED) is 0.584. The SMILES string of the molecule is COCC(CCC(C)C)C(=O)OCCC(C)C. The number of ether oxygens (including phenoxy) is 2. The molecule has 0 aromatic heterocycles. The molecular weight excluding hydrogens is 216 g/mol. The molecule has 0 N–H and O–H groups in total. The largest absolute Gasteiger partial charge is 0.465 e. The summed E-state index contributed by atoms with van der Waals surface area (Å²) in [5, 5.41) is 0. The first-order valence-electron chi connectivity index (χ1n) is 6.62. The first-order valence-corrected chi connectivity index (χ1v) is 6.62. The molecule has 0 radical (unpaired) electrons. The van der Waals surface area contributed by atoms with E-state index in [9.17, 15) is 4.79 Å². The molecule has 1 atom stereocenters. The first kappa shape index (κ1) is 16.4. The van der Waals surface area contributed by atoms with E-state index in [2.05, 4.69) is 27.7 Å². The van der Waals surface area contributed by atoms with Crippen LogP contribution in [0.3, 0.4) is 0 Å². The summed E-state index contributed by atoms with van der Waals surface area (Å²) in [7, 11) is 1.63. The molecule has 0 aromatic rings. The van der Waals surface area contributed by atoms with Gasteiger partial charge in [-0.05, 0) is 24.7 Å². The molecule has 0 spiro atoms. The van der Waals surface area contributed by atoms with E-state index in [1.807, 2.05) is 0 Å². The minimum atomic E-state index is -0.104. The lowest BCUT2D eigenvalue weighted by atomic mass is 9.98. The molecule has 0 heterocycles. The van der Waals surface area contributed by atoms with Gasteiger partial charge < -0.3 is 9.47 Å². The Morgan fingerprint density at radius 2 is 1.59 bits per heavy atom. The Labute approximate surface area is 106 Å². The van der Waals surface area contributed by atoms with Crippen molar-refractivity contribution < 1.29 is 14.3 Å². The number of carbonyl (C=O) groups excluding carboxylic acids is 1. The average Bonchev–Trinajstić information content (AvgIpc) is 2.23. The third-order valence-electron chi connectivity index (χ3n) is 2.73. The summed E-state index contributed by atoms with van der Waals surface area (Å²) in [6, 6.07) is 0. The maximum Gasteiger partial charge on any atom is 0.311 e. The summed E-state index contributed by atoms with van der Waals surface area (Å²) in [4.78, 5) is 11.8. The Balaban J connectivity index is 3.96. The lowest BCUT2D eigenvalue weighted by Crippen LogP contribution is -2.23. The Morgan fingerprint density at radius 1 is 1.00 bits per heavy atom. The molecule has 1 unspecified atom stereocenters. The van der Waals surface area contributed by atoms with Gasteiger partial charge in [-0.1, -0.05) is 34.1 Å². The van der Waals surface area contributed by atoms with Crippen molar-refractivity contribution in [1.82, 2.24) is 0 Å². The van der Waals surface area contributed by atoms with Crippen molar-refractivity contribution in [2.24, 2.45) is 17.8 Å². The standard InChI is InChI=1S/C14H28O3/c1-11(2)6-7-13(10-16-5)14(15)17-9-8-12(3)4/h11-13H,6-10H2,1-5H3. The number of rotatable bonds is 9. The van der Waals surface area contributed by atoms with E-state index in [0.29, 0.717) is 25.0 Å². The molecule has 0 bridgehead atoms. The Kier molecular flexibility index (Phi) is 9.14. The monoisotopic (exact) mass is 244 g/mol. The molecule has 0 saturated heterocycles. The summed E-state index contributed by atoms with van der Waals surface area (Å²) in [5.41, 5.74) is 0. The van der Waals surface area contributed by atoms with Gasteiger partial charge >= 0.3 is 5.97 Å². The van der Waals surface area contributed by atoms with Gasteiger partial charge in [0, 0.05) is 7.11 Å². The van der Waals surface area contributed by atoms with E-state index in [1.165, 1.54) is 0 Å². The summed E-state index contributed by atoms with van der Waals surface area (Å²) >= 11 is 0. The second-order valence-corrected chi connectivity index (χ2v) is 5.47. The van der Waals surface area contributed by atoms with Gasteiger partial charge in [0.05, 0.1) is 19.1 Å². The highest BCUT2D eigenvalue weighted by molar-refractivity contribution is 5.72. The van der Waals surface area contributed by atoms with Crippen LogP contribution < -0.4 is 0 Å². The molecule has 0 amide bonds. The van der Waals surface area contributed by atoms with Crippen molar-refractivity contribution in [3.8, 4) is 0 Å². The minimum Gasteiger partial charge on any atom is -0.465 e. The summed E-state index contributed by atoms with van der Waals surface area (Å²) in [6.45, 7) is 9.56. The van der Waals surface area contributed by atoms with Crippen LogP contribution in [0.1, 0.15) is 47.0 Å². The zero-order chi connectivity index (χ0) is 13.3. The molecular formula is C14H28O3. The van der Waals surface area contributed by atoms with E-state index >= 15 is 0 Å². The Hall–Kier alpha value is -0.570. The maximum absolute atomic E-state index is 11.8. The molecule has 0 rings (SSSR count). The van der Waals surface area contributed by atoms with Gasteiger partial charge in [-0.2, -0.15) is 0 Å². The summed E-state index contributed by atoms with van der Waals surface area (Å²) in [5.74, 6) is 0.972. The molecule has 0 aliphatic heterocycles. The topological polar surface area (TPSA) is 35.5 Å². The third-order valence-corrected chi connectivity index (χ3v) is 2.73. The number of esters is 1. The van der Waals surface area contributed by atoms with Gasteiger partial charge in [-0.3, -0.25) is 4.79 Å². The van der Waals surface area contributed by atoms with Gasteiger partial charge in [-0.25, -0.2) is 0 Å². The van der Waals surface area contributed by atoms with E-state index in [0.717, 1.165) is 19.3 Å². The van der Waals surface area contributed by atoms with Crippen LogP contribution in [0.15, 0.2) is 0 Å². The van der Waals surface area contributed by atoms with Crippen LogP contribution in [-0.4, -0.2) is 26.3 Å². The highest BCUT2D eigenvalue weighted by atomic mass is 16.5. The number of methoxy groups -OCH3 is 1. The van der Waals surface area contributed by atoms with Crippen LogP contribution >= 0.6 is 0 Å². The van der Waals surface area contributed by atoms with E-state index < -0.39 is 0 Å². The van der Waals surface area contributed by atoms with Gasteiger partial charge in [-0.15, -0.1) is 0 Å². The smallest absolute Gasteiger partial charge is 0.311 e. The highest BCUT2D eigenvalue weighted by Gasteiger charge is 2.20. The van der Waals surface area contributed by atoms with Crippen LogP contribution in [0, 0.1) is 17.8 Å². The van der Waals surface area contributed by atoms with Crippen molar-refractivity contribution in [1.29, 1.82) is 0 Å². The van der Waals surface area contributed by atoms with Crippen LogP contribution in [0.4, 0.5) is 0 Å². The lowest BCUT2D eigenvalue weighted by Gasteiger charge is -2.16. The van der Waals surface area contributed by atoms with Crippen molar-refractivity contribution in [2.75, 3.05) is 20.3 Å². The molecule has 0 aliphatic carbocycles. The van der Waals surface area contributed by atoms with Crippen molar-refractivity contribution in [3.05, 3.63) is 0 Å². The Bertz CT molecular complexity index is 200.